The van der Waals surface area contributed by atoms with Gasteiger partial charge in [-0.15, -0.1) is 6.58 Å². The fourth-order valence-corrected chi connectivity index (χ4v) is 1.91. The number of carboxylic acids is 2. The average Bonchev–Trinajstić information content (AvgIpc) is 2.36. The first kappa shape index (κ1) is 17.2. The Kier molecular flexibility index (Phi) is 6.36. The quantitative estimate of drug-likeness (QED) is 0.591. The molecule has 1 aromatic carbocycles. The van der Waals surface area contributed by atoms with E-state index in [1.807, 2.05) is 0 Å². The van der Waals surface area contributed by atoms with Gasteiger partial charge in [-0.1, -0.05) is 29.3 Å². The van der Waals surface area contributed by atoms with E-state index in [-0.39, 0.29) is 22.3 Å². The van der Waals surface area contributed by atoms with Crippen molar-refractivity contribution in [1.29, 1.82) is 0 Å². The van der Waals surface area contributed by atoms with Crippen LogP contribution in [0.25, 0.3) is 0 Å². The predicted molar refractivity (Wildman–Crippen MR) is 78.8 cm³/mol. The smallest absolute Gasteiger partial charge is 0.353 e. The predicted octanol–water partition coefficient (Wildman–Crippen LogP) is 2.81. The number of benzene rings is 1. The highest BCUT2D eigenvalue weighted by atomic mass is 35.5. The van der Waals surface area contributed by atoms with Gasteiger partial charge in [0.25, 0.3) is 0 Å². The van der Waals surface area contributed by atoms with Crippen LogP contribution in [-0.4, -0.2) is 40.6 Å². The van der Waals surface area contributed by atoms with Crippen molar-refractivity contribution in [1.82, 2.24) is 0 Å². The molecular formula is C13H11Cl2NO5. The van der Waals surface area contributed by atoms with Crippen molar-refractivity contribution in [2.24, 2.45) is 4.99 Å². The molecule has 0 aliphatic rings. The second kappa shape index (κ2) is 7.78. The maximum absolute atomic E-state index is 11.2. The molecule has 1 rings (SSSR count). The van der Waals surface area contributed by atoms with Crippen LogP contribution in [0.3, 0.4) is 0 Å². The van der Waals surface area contributed by atoms with Crippen molar-refractivity contribution >= 4 is 46.5 Å². The molecule has 112 valence electrons. The Bertz CT molecular complexity index is 580. The maximum atomic E-state index is 11.2. The first-order valence-electron chi connectivity index (χ1n) is 5.58. The summed E-state index contributed by atoms with van der Waals surface area (Å²) in [5, 5.41) is 18.7. The van der Waals surface area contributed by atoms with E-state index in [1.165, 1.54) is 24.3 Å². The van der Waals surface area contributed by atoms with Crippen molar-refractivity contribution in [2.75, 3.05) is 6.61 Å². The molecular weight excluding hydrogens is 321 g/mol. The average molecular weight is 332 g/mol. The molecule has 2 N–H and O–H groups in total. The van der Waals surface area contributed by atoms with Gasteiger partial charge in [0.15, 0.2) is 5.71 Å². The number of hydrogen-bond acceptors (Lipinski definition) is 4. The molecule has 0 saturated heterocycles. The summed E-state index contributed by atoms with van der Waals surface area (Å²) in [5.41, 5.74) is -0.582. The molecule has 0 spiro atoms. The first-order valence-corrected chi connectivity index (χ1v) is 6.34. The number of hydrogen-bond donors (Lipinski definition) is 2. The Hall–Kier alpha value is -1.89. The summed E-state index contributed by atoms with van der Waals surface area (Å²) in [7, 11) is 0. The molecule has 0 fully saturated rings. The summed E-state index contributed by atoms with van der Waals surface area (Å²) in [4.78, 5) is 26.1. The monoisotopic (exact) mass is 331 g/mol. The zero-order chi connectivity index (χ0) is 16.0. The molecule has 0 aliphatic heterocycles. The summed E-state index contributed by atoms with van der Waals surface area (Å²) in [5.74, 6) is -3.01. The number of nitrogens with zero attached hydrogens (tertiary/aromatic N) is 1. The Morgan fingerprint density at radius 3 is 2.29 bits per heavy atom. The lowest BCUT2D eigenvalue weighted by atomic mass is 10.2. The van der Waals surface area contributed by atoms with Crippen molar-refractivity contribution in [3.8, 4) is 0 Å². The van der Waals surface area contributed by atoms with Gasteiger partial charge in [-0.05, 0) is 18.2 Å². The molecule has 1 unspecified atom stereocenters. The normalized spacial score (nSPS) is 12.8. The minimum Gasteiger partial charge on any atom is -0.479 e. The van der Waals surface area contributed by atoms with E-state index in [9.17, 15) is 9.59 Å². The number of ether oxygens (including phenoxy) is 1. The van der Waals surface area contributed by atoms with Gasteiger partial charge in [0.2, 0.25) is 6.10 Å². The minimum atomic E-state index is -1.74. The summed E-state index contributed by atoms with van der Waals surface area (Å²) < 4.78 is 4.91. The molecule has 0 bridgehead atoms. The van der Waals surface area contributed by atoms with Crippen molar-refractivity contribution in [3.63, 3.8) is 0 Å². The molecule has 0 aromatic heterocycles. The summed E-state index contributed by atoms with van der Waals surface area (Å²) in [6.07, 6.45) is -0.440. The first-order chi connectivity index (χ1) is 9.85. The van der Waals surface area contributed by atoms with E-state index < -0.39 is 23.8 Å². The molecule has 1 atom stereocenters. The zero-order valence-electron chi connectivity index (χ0n) is 10.6. The van der Waals surface area contributed by atoms with E-state index in [1.54, 1.807) is 0 Å². The third-order valence-corrected chi connectivity index (χ3v) is 2.61. The molecule has 0 amide bonds. The molecule has 1 aromatic rings. The lowest BCUT2D eigenvalue weighted by Gasteiger charge is -2.12. The second-order valence-corrected chi connectivity index (χ2v) is 4.64. The highest BCUT2D eigenvalue weighted by Gasteiger charge is 2.30. The van der Waals surface area contributed by atoms with Crippen LogP contribution in [0.15, 0.2) is 35.8 Å². The van der Waals surface area contributed by atoms with Gasteiger partial charge >= 0.3 is 11.9 Å². The van der Waals surface area contributed by atoms with Crippen molar-refractivity contribution < 1.29 is 24.5 Å². The van der Waals surface area contributed by atoms with Crippen molar-refractivity contribution in [3.05, 3.63) is 40.9 Å². The lowest BCUT2D eigenvalue weighted by Crippen LogP contribution is -2.37. The zero-order valence-corrected chi connectivity index (χ0v) is 12.1. The van der Waals surface area contributed by atoms with Gasteiger partial charge in [0, 0.05) is 10.0 Å². The second-order valence-electron chi connectivity index (χ2n) is 3.77. The van der Waals surface area contributed by atoms with Gasteiger partial charge < -0.3 is 14.9 Å². The van der Waals surface area contributed by atoms with Crippen LogP contribution in [0.2, 0.25) is 10.0 Å². The molecule has 0 saturated carbocycles. The maximum Gasteiger partial charge on any atom is 0.353 e. The topological polar surface area (TPSA) is 96.2 Å². The van der Waals surface area contributed by atoms with Gasteiger partial charge in [-0.25, -0.2) is 14.6 Å². The number of carboxylic acid groups (broad SMARTS) is 2. The molecule has 8 heteroatoms. The van der Waals surface area contributed by atoms with Crippen molar-refractivity contribution in [2.45, 2.75) is 6.10 Å². The third kappa shape index (κ3) is 5.18. The SMILES string of the molecule is C=CCOC(C(=O)O)C(=Nc1cc(Cl)cc(Cl)c1)C(=O)O. The van der Waals surface area contributed by atoms with Gasteiger partial charge in [-0.3, -0.25) is 0 Å². The minimum absolute atomic E-state index is 0.110. The number of aliphatic carboxylic acids is 2. The fourth-order valence-electron chi connectivity index (χ4n) is 1.39. The summed E-state index contributed by atoms with van der Waals surface area (Å²) in [6, 6.07) is 4.14. The van der Waals surface area contributed by atoms with Gasteiger partial charge in [-0.2, -0.15) is 0 Å². The van der Waals surface area contributed by atoms with Gasteiger partial charge in [0.1, 0.15) is 0 Å². The molecule has 0 radical (unpaired) electrons. The number of halogens is 2. The summed E-state index contributed by atoms with van der Waals surface area (Å²) in [6.45, 7) is 3.22. The highest BCUT2D eigenvalue weighted by molar-refractivity contribution is 6.42. The fraction of sp³-hybridized carbons (Fsp3) is 0.154. The van der Waals surface area contributed by atoms with E-state index in [2.05, 4.69) is 11.6 Å². The van der Waals surface area contributed by atoms with Gasteiger partial charge in [0.05, 0.1) is 12.3 Å². The van der Waals surface area contributed by atoms with E-state index in [0.717, 1.165) is 0 Å². The Labute approximate surface area is 130 Å². The van der Waals surface area contributed by atoms with Crippen LogP contribution in [0.4, 0.5) is 5.69 Å². The van der Waals surface area contributed by atoms with Crippen LogP contribution >= 0.6 is 23.2 Å². The van der Waals surface area contributed by atoms with Crippen LogP contribution < -0.4 is 0 Å². The highest BCUT2D eigenvalue weighted by Crippen LogP contribution is 2.25. The van der Waals surface area contributed by atoms with Crippen LogP contribution in [0.5, 0.6) is 0 Å². The standard InChI is InChI=1S/C13H11Cl2NO5/c1-2-3-21-11(13(19)20)10(12(17)18)16-9-5-7(14)4-8(15)6-9/h2,4-6,11H,1,3H2,(H,17,18)(H,19,20). The number of aliphatic imine (C=N–C) groups is 1. The van der Waals surface area contributed by atoms with E-state index in [4.69, 9.17) is 38.2 Å². The number of rotatable bonds is 7. The Morgan fingerprint density at radius 2 is 1.86 bits per heavy atom. The molecule has 0 heterocycles. The Morgan fingerprint density at radius 1 is 1.29 bits per heavy atom. The molecule has 21 heavy (non-hydrogen) atoms. The van der Waals surface area contributed by atoms with Crippen LogP contribution in [0, 0.1) is 0 Å². The summed E-state index contributed by atoms with van der Waals surface area (Å²) >= 11 is 11.6. The van der Waals surface area contributed by atoms with E-state index in [0.29, 0.717) is 0 Å². The molecule has 0 aliphatic carbocycles. The Balaban J connectivity index is 3.25. The largest absolute Gasteiger partial charge is 0.479 e. The van der Waals surface area contributed by atoms with E-state index >= 15 is 0 Å². The lowest BCUT2D eigenvalue weighted by molar-refractivity contribution is -0.146. The van der Waals surface area contributed by atoms with Crippen LogP contribution in [0.1, 0.15) is 0 Å². The third-order valence-electron chi connectivity index (χ3n) is 2.17. The van der Waals surface area contributed by atoms with Crippen LogP contribution in [-0.2, 0) is 14.3 Å². The molecule has 6 nitrogen and oxygen atoms in total. The number of carbonyl (C=O) groups is 2.